The molecule has 1 amide bonds. The molecule has 0 spiro atoms. The zero-order chi connectivity index (χ0) is 15.1. The van der Waals surface area contributed by atoms with Crippen LogP contribution >= 0.6 is 0 Å². The van der Waals surface area contributed by atoms with Crippen molar-refractivity contribution in [3.8, 4) is 0 Å². The monoisotopic (exact) mass is 286 g/mol. The molecule has 0 aliphatic heterocycles. The number of carbonyl (C=O) groups is 1. The van der Waals surface area contributed by atoms with Gasteiger partial charge in [0.1, 0.15) is 0 Å². The number of ether oxygens (including phenoxy) is 1. The molecule has 0 aromatic heterocycles. The fourth-order valence-corrected chi connectivity index (χ4v) is 2.41. The fourth-order valence-electron chi connectivity index (χ4n) is 2.41. The van der Waals surface area contributed by atoms with Crippen LogP contribution in [0.5, 0.6) is 0 Å². The Morgan fingerprint density at radius 1 is 1.24 bits per heavy atom. The van der Waals surface area contributed by atoms with E-state index in [4.69, 9.17) is 10.5 Å². The zero-order valence-electron chi connectivity index (χ0n) is 12.3. The van der Waals surface area contributed by atoms with Gasteiger partial charge in [0, 0.05) is 7.11 Å². The summed E-state index contributed by atoms with van der Waals surface area (Å²) in [6.45, 7) is 1.02. The number of nitrogens with one attached hydrogen (secondary N) is 1. The van der Waals surface area contributed by atoms with Crippen molar-refractivity contribution in [1.82, 2.24) is 5.32 Å². The average Bonchev–Trinajstić information content (AvgIpc) is 2.47. The topological polar surface area (TPSA) is 64.3 Å². The van der Waals surface area contributed by atoms with Crippen LogP contribution in [0.1, 0.15) is 12.0 Å². The van der Waals surface area contributed by atoms with Crippen molar-refractivity contribution in [2.45, 2.75) is 18.9 Å². The normalized spacial score (nSPS) is 12.3. The first-order valence-corrected chi connectivity index (χ1v) is 7.19. The van der Waals surface area contributed by atoms with Crippen LogP contribution in [0.4, 0.5) is 0 Å². The van der Waals surface area contributed by atoms with Crippen molar-refractivity contribution in [1.29, 1.82) is 0 Å². The Labute approximate surface area is 125 Å². The molecule has 0 bridgehead atoms. The van der Waals surface area contributed by atoms with Gasteiger partial charge in [-0.25, -0.2) is 0 Å². The highest BCUT2D eigenvalue weighted by molar-refractivity contribution is 5.85. The lowest BCUT2D eigenvalue weighted by molar-refractivity contribution is -0.121. The second-order valence-corrected chi connectivity index (χ2v) is 5.16. The number of hydrogen-bond acceptors (Lipinski definition) is 3. The first-order valence-electron chi connectivity index (χ1n) is 7.19. The van der Waals surface area contributed by atoms with E-state index >= 15 is 0 Å². The van der Waals surface area contributed by atoms with Crippen molar-refractivity contribution in [3.63, 3.8) is 0 Å². The molecule has 3 N–H and O–H groups in total. The molecule has 2 rings (SSSR count). The summed E-state index contributed by atoms with van der Waals surface area (Å²) in [4.78, 5) is 12.1. The van der Waals surface area contributed by atoms with Crippen LogP contribution in [-0.2, 0) is 16.0 Å². The van der Waals surface area contributed by atoms with Crippen molar-refractivity contribution in [2.24, 2.45) is 5.73 Å². The van der Waals surface area contributed by atoms with E-state index in [2.05, 4.69) is 23.5 Å². The van der Waals surface area contributed by atoms with Gasteiger partial charge in [0.2, 0.25) is 5.91 Å². The number of hydrogen-bond donors (Lipinski definition) is 2. The summed E-state index contributed by atoms with van der Waals surface area (Å²) in [5.41, 5.74) is 6.55. The standard InChI is InChI=1S/C17H22N2O2/c1-21-12-16(8-9-18)19-17(20)11-13-6-7-14-4-2-3-5-15(14)10-13/h2-7,10,16H,8-9,11-12,18H2,1H3,(H,19,20). The smallest absolute Gasteiger partial charge is 0.224 e. The van der Waals surface area contributed by atoms with Gasteiger partial charge >= 0.3 is 0 Å². The van der Waals surface area contributed by atoms with Crippen molar-refractivity contribution >= 4 is 16.7 Å². The van der Waals surface area contributed by atoms with Gasteiger partial charge in [-0.2, -0.15) is 0 Å². The number of fused-ring (bicyclic) bond motifs is 1. The minimum Gasteiger partial charge on any atom is -0.383 e. The van der Waals surface area contributed by atoms with Crippen LogP contribution in [0.2, 0.25) is 0 Å². The first kappa shape index (κ1) is 15.5. The van der Waals surface area contributed by atoms with Crippen LogP contribution in [0.3, 0.4) is 0 Å². The lowest BCUT2D eigenvalue weighted by Crippen LogP contribution is -2.40. The zero-order valence-corrected chi connectivity index (χ0v) is 12.3. The molecule has 112 valence electrons. The summed E-state index contributed by atoms with van der Waals surface area (Å²) in [6, 6.07) is 14.2. The molecule has 0 aliphatic rings. The third-order valence-corrected chi connectivity index (χ3v) is 3.43. The summed E-state index contributed by atoms with van der Waals surface area (Å²) < 4.78 is 5.10. The molecule has 0 saturated carbocycles. The second-order valence-electron chi connectivity index (χ2n) is 5.16. The molecule has 2 aromatic rings. The SMILES string of the molecule is COCC(CCN)NC(=O)Cc1ccc2ccccc2c1. The van der Waals surface area contributed by atoms with Crippen LogP contribution in [0.15, 0.2) is 42.5 Å². The van der Waals surface area contributed by atoms with E-state index in [1.165, 1.54) is 5.39 Å². The van der Waals surface area contributed by atoms with Gasteiger partial charge in [0.25, 0.3) is 0 Å². The Morgan fingerprint density at radius 3 is 2.71 bits per heavy atom. The van der Waals surface area contributed by atoms with E-state index in [1.54, 1.807) is 7.11 Å². The molecule has 4 nitrogen and oxygen atoms in total. The number of amides is 1. The summed E-state index contributed by atoms with van der Waals surface area (Å²) >= 11 is 0. The Hall–Kier alpha value is -1.91. The highest BCUT2D eigenvalue weighted by Crippen LogP contribution is 2.15. The summed E-state index contributed by atoms with van der Waals surface area (Å²) in [5, 5.41) is 5.31. The molecule has 21 heavy (non-hydrogen) atoms. The number of carbonyl (C=O) groups excluding carboxylic acids is 1. The van der Waals surface area contributed by atoms with Gasteiger partial charge in [0.05, 0.1) is 19.1 Å². The van der Waals surface area contributed by atoms with Crippen LogP contribution in [-0.4, -0.2) is 32.2 Å². The van der Waals surface area contributed by atoms with Crippen LogP contribution < -0.4 is 11.1 Å². The molecule has 2 aromatic carbocycles. The van der Waals surface area contributed by atoms with Crippen molar-refractivity contribution < 1.29 is 9.53 Å². The molecule has 0 heterocycles. The quantitative estimate of drug-likeness (QED) is 0.816. The van der Waals surface area contributed by atoms with E-state index in [1.807, 2.05) is 24.3 Å². The highest BCUT2D eigenvalue weighted by Gasteiger charge is 2.12. The molecule has 0 fully saturated rings. The highest BCUT2D eigenvalue weighted by atomic mass is 16.5. The largest absolute Gasteiger partial charge is 0.383 e. The Bertz CT molecular complexity index is 592. The Morgan fingerprint density at radius 2 is 2.00 bits per heavy atom. The lowest BCUT2D eigenvalue weighted by Gasteiger charge is -2.17. The van der Waals surface area contributed by atoms with E-state index in [-0.39, 0.29) is 11.9 Å². The van der Waals surface area contributed by atoms with Crippen molar-refractivity contribution in [2.75, 3.05) is 20.3 Å². The molecule has 0 aliphatic carbocycles. The van der Waals surface area contributed by atoms with Gasteiger partial charge < -0.3 is 15.8 Å². The van der Waals surface area contributed by atoms with Crippen LogP contribution in [0.25, 0.3) is 10.8 Å². The van der Waals surface area contributed by atoms with Crippen molar-refractivity contribution in [3.05, 3.63) is 48.0 Å². The number of methoxy groups -OCH3 is 1. The Balaban J connectivity index is 2.00. The molecule has 4 heteroatoms. The van der Waals surface area contributed by atoms with E-state index in [9.17, 15) is 4.79 Å². The van der Waals surface area contributed by atoms with Gasteiger partial charge in [0.15, 0.2) is 0 Å². The maximum absolute atomic E-state index is 12.1. The minimum atomic E-state index is -0.0204. The van der Waals surface area contributed by atoms with Crippen LogP contribution in [0, 0.1) is 0 Å². The number of nitrogens with two attached hydrogens (primary N) is 1. The average molecular weight is 286 g/mol. The van der Waals surface area contributed by atoms with E-state index < -0.39 is 0 Å². The summed E-state index contributed by atoms with van der Waals surface area (Å²) in [7, 11) is 1.62. The van der Waals surface area contributed by atoms with Gasteiger partial charge in [-0.15, -0.1) is 0 Å². The molecule has 1 unspecified atom stereocenters. The third kappa shape index (κ3) is 4.55. The maximum Gasteiger partial charge on any atom is 0.224 e. The second kappa shape index (κ2) is 7.76. The number of benzene rings is 2. The molecular weight excluding hydrogens is 264 g/mol. The molecular formula is C17H22N2O2. The first-order chi connectivity index (χ1) is 10.2. The number of rotatable bonds is 7. The predicted octanol–water partition coefficient (Wildman–Crippen LogP) is 1.86. The molecule has 1 atom stereocenters. The summed E-state index contributed by atoms with van der Waals surface area (Å²) in [5.74, 6) is 0.000723. The minimum absolute atomic E-state index is 0.000723. The maximum atomic E-state index is 12.1. The van der Waals surface area contributed by atoms with Gasteiger partial charge in [-0.1, -0.05) is 42.5 Å². The predicted molar refractivity (Wildman–Crippen MR) is 85.1 cm³/mol. The lowest BCUT2D eigenvalue weighted by atomic mass is 10.0. The fraction of sp³-hybridized carbons (Fsp3) is 0.353. The van der Waals surface area contributed by atoms with E-state index in [0.29, 0.717) is 19.6 Å². The van der Waals surface area contributed by atoms with Gasteiger partial charge in [-0.3, -0.25) is 4.79 Å². The van der Waals surface area contributed by atoms with Gasteiger partial charge in [-0.05, 0) is 29.3 Å². The third-order valence-electron chi connectivity index (χ3n) is 3.43. The Kier molecular flexibility index (Phi) is 5.72. The summed E-state index contributed by atoms with van der Waals surface area (Å²) in [6.07, 6.45) is 1.09. The molecule has 0 radical (unpaired) electrons. The van der Waals surface area contributed by atoms with E-state index in [0.717, 1.165) is 17.4 Å². The molecule has 0 saturated heterocycles.